The van der Waals surface area contributed by atoms with Crippen LogP contribution in [-0.4, -0.2) is 15.2 Å². The highest BCUT2D eigenvalue weighted by molar-refractivity contribution is 7.98. The van der Waals surface area contributed by atoms with Crippen LogP contribution >= 0.6 is 11.8 Å². The monoisotopic (exact) mass is 368 g/mol. The molecule has 0 spiro atoms. The molecule has 0 fully saturated rings. The van der Waals surface area contributed by atoms with Crippen LogP contribution in [0.2, 0.25) is 0 Å². The smallest absolute Gasteiger partial charge is 0.276 e. The summed E-state index contributed by atoms with van der Waals surface area (Å²) in [4.78, 5) is 3.24. The van der Waals surface area contributed by atoms with Crippen LogP contribution in [0.15, 0.2) is 64.4 Å². The topological polar surface area (TPSA) is 80.7 Å². The summed E-state index contributed by atoms with van der Waals surface area (Å²) in [7, 11) is 0. The fraction of sp³-hybridized carbons (Fsp3) is 0.158. The van der Waals surface area contributed by atoms with Gasteiger partial charge in [0.05, 0.1) is 6.04 Å². The van der Waals surface area contributed by atoms with Gasteiger partial charge in [-0.2, -0.15) is 0 Å². The van der Waals surface area contributed by atoms with Crippen LogP contribution in [0.4, 0.5) is 4.39 Å². The molecule has 0 radical (unpaired) electrons. The first-order valence-corrected chi connectivity index (χ1v) is 9.19. The first-order chi connectivity index (χ1) is 12.7. The zero-order valence-electron chi connectivity index (χ0n) is 13.9. The van der Waals surface area contributed by atoms with E-state index in [1.165, 1.54) is 23.9 Å². The molecular weight excluding hydrogens is 351 g/mol. The molecule has 0 unspecified atom stereocenters. The van der Waals surface area contributed by atoms with Gasteiger partial charge in [0.1, 0.15) is 5.82 Å². The van der Waals surface area contributed by atoms with E-state index in [0.717, 1.165) is 22.0 Å². The zero-order chi connectivity index (χ0) is 17.9. The molecule has 0 bridgehead atoms. The minimum Gasteiger partial charge on any atom is -0.414 e. The van der Waals surface area contributed by atoms with Crippen LogP contribution in [0.3, 0.4) is 0 Å². The van der Waals surface area contributed by atoms with Crippen molar-refractivity contribution in [3.05, 3.63) is 77.6 Å². The number of H-pyrrole nitrogens is 1. The Morgan fingerprint density at radius 1 is 1.12 bits per heavy atom. The minimum atomic E-state index is -0.373. The van der Waals surface area contributed by atoms with Crippen molar-refractivity contribution in [2.45, 2.75) is 23.4 Å². The molecule has 26 heavy (non-hydrogen) atoms. The fourth-order valence-corrected chi connectivity index (χ4v) is 3.50. The van der Waals surface area contributed by atoms with Crippen LogP contribution in [0, 0.1) is 5.82 Å². The number of nitrogens with zero attached hydrogens (tertiary/aromatic N) is 2. The Balaban J connectivity index is 1.41. The SMILES string of the molecule is N[C@@H](Cc1c[nH]c2ccccc12)c1nnc(SCc2ccc(F)cc2)o1. The van der Waals surface area contributed by atoms with Gasteiger partial charge in [0.2, 0.25) is 5.89 Å². The van der Waals surface area contributed by atoms with Gasteiger partial charge in [-0.25, -0.2) is 4.39 Å². The Kier molecular flexibility index (Phi) is 4.73. The average molecular weight is 368 g/mol. The zero-order valence-corrected chi connectivity index (χ0v) is 14.7. The summed E-state index contributed by atoms with van der Waals surface area (Å²) in [5.41, 5.74) is 9.44. The largest absolute Gasteiger partial charge is 0.414 e. The van der Waals surface area contributed by atoms with Gasteiger partial charge in [-0.05, 0) is 35.7 Å². The number of nitrogens with two attached hydrogens (primary N) is 1. The van der Waals surface area contributed by atoms with Crippen LogP contribution in [0.5, 0.6) is 0 Å². The van der Waals surface area contributed by atoms with Crippen LogP contribution in [0.1, 0.15) is 23.1 Å². The normalized spacial score (nSPS) is 12.5. The molecule has 0 saturated carbocycles. The number of halogens is 1. The maximum Gasteiger partial charge on any atom is 0.276 e. The number of nitrogens with one attached hydrogen (secondary N) is 1. The second-order valence-electron chi connectivity index (χ2n) is 5.99. The quantitative estimate of drug-likeness (QED) is 0.498. The van der Waals surface area contributed by atoms with E-state index in [4.69, 9.17) is 10.2 Å². The summed E-state index contributed by atoms with van der Waals surface area (Å²) >= 11 is 1.40. The van der Waals surface area contributed by atoms with E-state index in [1.807, 2.05) is 24.4 Å². The number of thioether (sulfide) groups is 1. The number of fused-ring (bicyclic) bond motifs is 1. The molecule has 2 heterocycles. The Hall–Kier alpha value is -2.64. The van der Waals surface area contributed by atoms with Crippen molar-refractivity contribution in [3.8, 4) is 0 Å². The molecule has 2 aromatic carbocycles. The molecular formula is C19H17FN4OS. The predicted octanol–water partition coefficient (Wildman–Crippen LogP) is 4.22. The third-order valence-electron chi connectivity index (χ3n) is 4.13. The molecule has 2 aromatic heterocycles. The lowest BCUT2D eigenvalue weighted by atomic mass is 10.1. The lowest BCUT2D eigenvalue weighted by Gasteiger charge is -2.05. The van der Waals surface area contributed by atoms with E-state index in [0.29, 0.717) is 23.3 Å². The van der Waals surface area contributed by atoms with E-state index < -0.39 is 0 Å². The van der Waals surface area contributed by atoms with E-state index in [9.17, 15) is 4.39 Å². The highest BCUT2D eigenvalue weighted by Gasteiger charge is 2.17. The number of benzene rings is 2. The third kappa shape index (κ3) is 3.63. The van der Waals surface area contributed by atoms with E-state index in [-0.39, 0.29) is 11.9 Å². The molecule has 0 saturated heterocycles. The molecule has 4 rings (SSSR count). The van der Waals surface area contributed by atoms with Crippen molar-refractivity contribution in [3.63, 3.8) is 0 Å². The van der Waals surface area contributed by atoms with Gasteiger partial charge >= 0.3 is 0 Å². The summed E-state index contributed by atoms with van der Waals surface area (Å²) in [6.45, 7) is 0. The van der Waals surface area contributed by atoms with Gasteiger partial charge in [0.15, 0.2) is 0 Å². The van der Waals surface area contributed by atoms with E-state index in [1.54, 1.807) is 12.1 Å². The van der Waals surface area contributed by atoms with Gasteiger partial charge in [-0.3, -0.25) is 0 Å². The molecule has 1 atom stereocenters. The lowest BCUT2D eigenvalue weighted by Crippen LogP contribution is -2.13. The first kappa shape index (κ1) is 16.8. The molecule has 0 aliphatic rings. The average Bonchev–Trinajstić information content (AvgIpc) is 3.29. The number of aromatic nitrogens is 3. The van der Waals surface area contributed by atoms with E-state index in [2.05, 4.69) is 21.2 Å². The highest BCUT2D eigenvalue weighted by atomic mass is 32.2. The van der Waals surface area contributed by atoms with Crippen molar-refractivity contribution in [2.75, 3.05) is 0 Å². The standard InChI is InChI=1S/C19H17FN4OS/c20-14-7-5-12(6-8-14)11-26-19-24-23-18(25-19)16(21)9-13-10-22-17-4-2-1-3-15(13)17/h1-8,10,16,22H,9,11,21H2/t16-/m0/s1. The second-order valence-corrected chi connectivity index (χ2v) is 6.92. The Morgan fingerprint density at radius 2 is 1.92 bits per heavy atom. The van der Waals surface area contributed by atoms with Crippen LogP contribution < -0.4 is 5.73 Å². The van der Waals surface area contributed by atoms with Crippen molar-refractivity contribution in [1.82, 2.24) is 15.2 Å². The molecule has 7 heteroatoms. The van der Waals surface area contributed by atoms with Crippen molar-refractivity contribution in [1.29, 1.82) is 0 Å². The molecule has 3 N–H and O–H groups in total. The van der Waals surface area contributed by atoms with Crippen molar-refractivity contribution in [2.24, 2.45) is 5.73 Å². The molecule has 0 aliphatic carbocycles. The molecule has 0 amide bonds. The second kappa shape index (κ2) is 7.31. The molecule has 5 nitrogen and oxygen atoms in total. The Bertz CT molecular complexity index is 1010. The van der Waals surface area contributed by atoms with Crippen LogP contribution in [-0.2, 0) is 12.2 Å². The van der Waals surface area contributed by atoms with Crippen LogP contribution in [0.25, 0.3) is 10.9 Å². The summed E-state index contributed by atoms with van der Waals surface area (Å²) in [6.07, 6.45) is 2.57. The lowest BCUT2D eigenvalue weighted by molar-refractivity contribution is 0.385. The minimum absolute atomic E-state index is 0.248. The van der Waals surface area contributed by atoms with Crippen molar-refractivity contribution >= 4 is 22.7 Å². The molecule has 132 valence electrons. The number of para-hydroxylation sites is 1. The number of rotatable bonds is 6. The third-order valence-corrected chi connectivity index (χ3v) is 5.02. The molecule has 4 aromatic rings. The number of aromatic amines is 1. The van der Waals surface area contributed by atoms with Gasteiger partial charge in [-0.15, -0.1) is 10.2 Å². The molecule has 0 aliphatic heterocycles. The fourth-order valence-electron chi connectivity index (χ4n) is 2.78. The predicted molar refractivity (Wildman–Crippen MR) is 99.2 cm³/mol. The van der Waals surface area contributed by atoms with E-state index >= 15 is 0 Å². The van der Waals surface area contributed by atoms with Gasteiger partial charge in [0.25, 0.3) is 5.22 Å². The maximum atomic E-state index is 12.9. The van der Waals surface area contributed by atoms with Gasteiger partial charge < -0.3 is 15.1 Å². The van der Waals surface area contributed by atoms with Gasteiger partial charge in [-0.1, -0.05) is 42.1 Å². The van der Waals surface area contributed by atoms with Crippen molar-refractivity contribution < 1.29 is 8.81 Å². The number of hydrogen-bond donors (Lipinski definition) is 2. The maximum absolute atomic E-state index is 12.9. The summed E-state index contributed by atoms with van der Waals surface area (Å²) in [6, 6.07) is 14.1. The first-order valence-electron chi connectivity index (χ1n) is 8.20. The highest BCUT2D eigenvalue weighted by Crippen LogP contribution is 2.26. The number of hydrogen-bond acceptors (Lipinski definition) is 5. The summed E-state index contributed by atoms with van der Waals surface area (Å²) < 4.78 is 18.6. The van der Waals surface area contributed by atoms with Gasteiger partial charge in [0, 0.05) is 22.9 Å². The Labute approximate surface area is 153 Å². The Morgan fingerprint density at radius 3 is 2.77 bits per heavy atom. The summed E-state index contributed by atoms with van der Waals surface area (Å²) in [5.74, 6) is 0.790. The summed E-state index contributed by atoms with van der Waals surface area (Å²) in [5, 5.41) is 9.72.